The molecule has 7 heteroatoms. The molecule has 0 N–H and O–H groups in total. The normalized spacial score (nSPS) is 17.8. The number of aromatic nitrogens is 2. The number of carbonyl (C=O) groups excluding carboxylic acids is 1. The molecule has 38 heavy (non-hydrogen) atoms. The topological polar surface area (TPSA) is 44.6 Å². The van der Waals surface area contributed by atoms with E-state index in [1.165, 1.54) is 5.56 Å². The highest BCUT2D eigenvalue weighted by atomic mass is 79.9. The lowest BCUT2D eigenvalue weighted by atomic mass is 9.95. The fourth-order valence-corrected chi connectivity index (χ4v) is 6.24. The number of nitrogens with zero attached hydrogens (tertiary/aromatic N) is 5. The number of halogens is 1. The zero-order chi connectivity index (χ0) is 25.9. The van der Waals surface area contributed by atoms with Crippen LogP contribution in [0.25, 0.3) is 16.7 Å². The van der Waals surface area contributed by atoms with Crippen LogP contribution in [-0.2, 0) is 17.9 Å². The lowest BCUT2D eigenvalue weighted by molar-refractivity contribution is -0.139. The molecule has 4 aromatic rings. The van der Waals surface area contributed by atoms with Crippen LogP contribution in [0.15, 0.2) is 83.3 Å². The average molecular weight is 573 g/mol. The van der Waals surface area contributed by atoms with Gasteiger partial charge in [-0.2, -0.15) is 0 Å². The molecule has 6 nitrogen and oxygen atoms in total. The van der Waals surface area contributed by atoms with Gasteiger partial charge in [0.2, 0.25) is 5.91 Å². The zero-order valence-electron chi connectivity index (χ0n) is 21.7. The predicted molar refractivity (Wildman–Crippen MR) is 155 cm³/mol. The number of piperidine rings is 1. The Morgan fingerprint density at radius 2 is 1.50 bits per heavy atom. The number of fused-ring (bicyclic) bond motifs is 1. The fourth-order valence-electron chi connectivity index (χ4n) is 5.85. The number of likely N-dealkylation sites (tertiary alicyclic amines) is 1. The smallest absolute Gasteiger partial charge is 0.225 e. The Morgan fingerprint density at radius 3 is 2.26 bits per heavy atom. The molecule has 1 amide bonds. The highest BCUT2D eigenvalue weighted by molar-refractivity contribution is 9.10. The Hall–Kier alpha value is -3.00. The third kappa shape index (κ3) is 5.55. The Balaban J connectivity index is 1.06. The highest BCUT2D eigenvalue weighted by Gasteiger charge is 2.31. The number of benzene rings is 3. The molecule has 0 aliphatic carbocycles. The van der Waals surface area contributed by atoms with Crippen LogP contribution in [-0.4, -0.2) is 69.4 Å². The summed E-state index contributed by atoms with van der Waals surface area (Å²) in [6.07, 6.45) is 1.83. The van der Waals surface area contributed by atoms with E-state index in [2.05, 4.69) is 102 Å². The van der Waals surface area contributed by atoms with Gasteiger partial charge in [0.15, 0.2) is 0 Å². The number of piperazine rings is 1. The summed E-state index contributed by atoms with van der Waals surface area (Å²) in [5.41, 5.74) is 4.59. The first-order valence-corrected chi connectivity index (χ1v) is 14.4. The third-order valence-corrected chi connectivity index (χ3v) is 8.42. The first-order valence-electron chi connectivity index (χ1n) is 13.6. The summed E-state index contributed by atoms with van der Waals surface area (Å²) in [6.45, 7) is 7.16. The largest absolute Gasteiger partial charge is 0.340 e. The van der Waals surface area contributed by atoms with E-state index in [-0.39, 0.29) is 5.92 Å². The minimum Gasteiger partial charge on any atom is -0.340 e. The van der Waals surface area contributed by atoms with E-state index in [0.29, 0.717) is 5.91 Å². The molecule has 0 unspecified atom stereocenters. The van der Waals surface area contributed by atoms with Crippen LogP contribution in [0.3, 0.4) is 0 Å². The maximum absolute atomic E-state index is 13.3. The summed E-state index contributed by atoms with van der Waals surface area (Å²) in [7, 11) is 0. The van der Waals surface area contributed by atoms with E-state index in [1.54, 1.807) is 0 Å². The van der Waals surface area contributed by atoms with Gasteiger partial charge in [-0.15, -0.1) is 0 Å². The van der Waals surface area contributed by atoms with Gasteiger partial charge in [0.05, 0.1) is 17.6 Å². The van der Waals surface area contributed by atoms with Gasteiger partial charge in [-0.05, 0) is 61.8 Å². The second-order valence-electron chi connectivity index (χ2n) is 10.5. The molecule has 1 aromatic heterocycles. The number of carbonyl (C=O) groups is 1. The number of rotatable bonds is 6. The van der Waals surface area contributed by atoms with Crippen molar-refractivity contribution in [3.05, 3.63) is 94.7 Å². The van der Waals surface area contributed by atoms with Gasteiger partial charge in [0.1, 0.15) is 5.82 Å². The van der Waals surface area contributed by atoms with E-state index in [9.17, 15) is 4.79 Å². The van der Waals surface area contributed by atoms with Crippen molar-refractivity contribution in [2.75, 3.05) is 39.3 Å². The number of hydrogen-bond acceptors (Lipinski definition) is 4. The average Bonchev–Trinajstić information content (AvgIpc) is 3.32. The molecule has 6 rings (SSSR count). The summed E-state index contributed by atoms with van der Waals surface area (Å²) in [5.74, 6) is 1.53. The second kappa shape index (κ2) is 11.4. The van der Waals surface area contributed by atoms with Crippen LogP contribution >= 0.6 is 15.9 Å². The van der Waals surface area contributed by atoms with Gasteiger partial charge in [-0.3, -0.25) is 19.2 Å². The molecule has 0 bridgehead atoms. The van der Waals surface area contributed by atoms with Gasteiger partial charge in [-0.25, -0.2) is 4.98 Å². The van der Waals surface area contributed by atoms with Gasteiger partial charge in [0.25, 0.3) is 0 Å². The van der Waals surface area contributed by atoms with E-state index >= 15 is 0 Å². The van der Waals surface area contributed by atoms with Crippen molar-refractivity contribution < 1.29 is 4.79 Å². The molecule has 0 radical (unpaired) electrons. The van der Waals surface area contributed by atoms with Crippen molar-refractivity contribution in [3.8, 4) is 5.69 Å². The monoisotopic (exact) mass is 571 g/mol. The Morgan fingerprint density at radius 1 is 0.789 bits per heavy atom. The molecule has 2 aliphatic heterocycles. The fraction of sp³-hybridized carbons (Fsp3) is 0.355. The van der Waals surface area contributed by atoms with Gasteiger partial charge < -0.3 is 4.90 Å². The Bertz CT molecular complexity index is 1390. The molecule has 0 spiro atoms. The summed E-state index contributed by atoms with van der Waals surface area (Å²) in [6, 6.07) is 27.3. The van der Waals surface area contributed by atoms with Crippen LogP contribution in [0.5, 0.6) is 0 Å². The zero-order valence-corrected chi connectivity index (χ0v) is 23.3. The van der Waals surface area contributed by atoms with Crippen molar-refractivity contribution in [1.29, 1.82) is 0 Å². The molecule has 196 valence electrons. The van der Waals surface area contributed by atoms with Crippen LogP contribution in [0.1, 0.15) is 24.2 Å². The number of imidazole rings is 1. The SMILES string of the molecule is O=C(C1CCN(Cc2nc3ccccc3n2-c2cccc(Br)c2)CC1)N1CCN(Cc2ccccc2)CC1. The first kappa shape index (κ1) is 25.3. The Labute approximate surface area is 233 Å². The molecule has 2 aliphatic rings. The second-order valence-corrected chi connectivity index (χ2v) is 11.4. The minimum absolute atomic E-state index is 0.135. The van der Waals surface area contributed by atoms with E-state index < -0.39 is 0 Å². The summed E-state index contributed by atoms with van der Waals surface area (Å²) >= 11 is 3.62. The quantitative estimate of drug-likeness (QED) is 0.313. The van der Waals surface area contributed by atoms with Crippen molar-refractivity contribution in [1.82, 2.24) is 24.3 Å². The molecule has 2 fully saturated rings. The first-order chi connectivity index (χ1) is 18.6. The molecule has 3 aromatic carbocycles. The Kier molecular flexibility index (Phi) is 7.58. The molecular weight excluding hydrogens is 538 g/mol. The van der Waals surface area contributed by atoms with Gasteiger partial charge >= 0.3 is 0 Å². The predicted octanol–water partition coefficient (Wildman–Crippen LogP) is 5.34. The third-order valence-electron chi connectivity index (χ3n) is 7.93. The van der Waals surface area contributed by atoms with Gasteiger partial charge in [0, 0.05) is 48.8 Å². The minimum atomic E-state index is 0.135. The van der Waals surface area contributed by atoms with E-state index in [1.807, 2.05) is 12.1 Å². The van der Waals surface area contributed by atoms with Crippen LogP contribution in [0.2, 0.25) is 0 Å². The maximum atomic E-state index is 13.3. The maximum Gasteiger partial charge on any atom is 0.225 e. The molecule has 3 heterocycles. The van der Waals surface area contributed by atoms with E-state index in [4.69, 9.17) is 4.98 Å². The van der Waals surface area contributed by atoms with E-state index in [0.717, 1.165) is 92.2 Å². The highest BCUT2D eigenvalue weighted by Crippen LogP contribution is 2.27. The summed E-state index contributed by atoms with van der Waals surface area (Å²) < 4.78 is 3.32. The van der Waals surface area contributed by atoms with Crippen molar-refractivity contribution >= 4 is 32.9 Å². The number of hydrogen-bond donors (Lipinski definition) is 0. The molecular formula is C31H34BrN5O. The standard InChI is InChI=1S/C31H34BrN5O/c32-26-9-6-10-27(21-26)37-29-12-5-4-11-28(29)33-30(37)23-34-15-13-25(14-16-34)31(38)36-19-17-35(18-20-36)22-24-7-2-1-3-8-24/h1-12,21,25H,13-20,22-23H2. The van der Waals surface area contributed by atoms with Crippen LogP contribution < -0.4 is 0 Å². The molecule has 0 saturated carbocycles. The van der Waals surface area contributed by atoms with Gasteiger partial charge in [-0.1, -0.05) is 64.5 Å². The number of para-hydroxylation sites is 2. The van der Waals surface area contributed by atoms with Crippen molar-refractivity contribution in [2.24, 2.45) is 5.92 Å². The van der Waals surface area contributed by atoms with Crippen molar-refractivity contribution in [2.45, 2.75) is 25.9 Å². The molecule has 0 atom stereocenters. The summed E-state index contributed by atoms with van der Waals surface area (Å²) in [4.78, 5) is 25.4. The molecule has 2 saturated heterocycles. The van der Waals surface area contributed by atoms with Crippen LogP contribution in [0.4, 0.5) is 0 Å². The number of amides is 1. The lowest BCUT2D eigenvalue weighted by Crippen LogP contribution is -2.51. The summed E-state index contributed by atoms with van der Waals surface area (Å²) in [5, 5.41) is 0. The lowest BCUT2D eigenvalue weighted by Gasteiger charge is -2.38. The van der Waals surface area contributed by atoms with Crippen molar-refractivity contribution in [3.63, 3.8) is 0 Å². The van der Waals surface area contributed by atoms with Crippen LogP contribution in [0, 0.1) is 5.92 Å².